The third-order valence-electron chi connectivity index (χ3n) is 4.34. The van der Waals surface area contributed by atoms with Crippen LogP contribution in [0, 0.1) is 0 Å². The molecule has 0 aliphatic carbocycles. The predicted octanol–water partition coefficient (Wildman–Crippen LogP) is 2.65. The van der Waals surface area contributed by atoms with Crippen LogP contribution in [0.25, 0.3) is 5.76 Å². The molecule has 0 bridgehead atoms. The first-order valence-electron chi connectivity index (χ1n) is 8.22. The van der Waals surface area contributed by atoms with Gasteiger partial charge in [0.15, 0.2) is 0 Å². The third-order valence-corrected chi connectivity index (χ3v) is 4.34. The zero-order valence-corrected chi connectivity index (χ0v) is 14.7. The smallest absolute Gasteiger partial charge is 0.251 e. The molecule has 3 rings (SSSR count). The van der Waals surface area contributed by atoms with Gasteiger partial charge in [-0.25, -0.2) is 0 Å². The van der Waals surface area contributed by atoms with Crippen LogP contribution in [0.5, 0.6) is 5.75 Å². The van der Waals surface area contributed by atoms with Gasteiger partial charge < -0.3 is 20.1 Å². The molecule has 2 aromatic carbocycles. The zero-order chi connectivity index (χ0) is 18.7. The zero-order valence-electron chi connectivity index (χ0n) is 14.7. The second-order valence-electron chi connectivity index (χ2n) is 5.93. The molecule has 6 nitrogen and oxygen atoms in total. The van der Waals surface area contributed by atoms with E-state index in [4.69, 9.17) is 4.74 Å². The first-order valence-corrected chi connectivity index (χ1v) is 8.22. The molecule has 0 aromatic heterocycles. The highest BCUT2D eigenvalue weighted by atomic mass is 16.5. The summed E-state index contributed by atoms with van der Waals surface area (Å²) in [5, 5.41) is 13.1. The molecule has 2 amide bonds. The fourth-order valence-corrected chi connectivity index (χ4v) is 3.00. The van der Waals surface area contributed by atoms with E-state index in [9.17, 15) is 14.7 Å². The molecule has 1 aliphatic rings. The van der Waals surface area contributed by atoms with Gasteiger partial charge in [-0.1, -0.05) is 24.3 Å². The summed E-state index contributed by atoms with van der Waals surface area (Å²) >= 11 is 0. The Kier molecular flexibility index (Phi) is 4.93. The van der Waals surface area contributed by atoms with Crippen molar-refractivity contribution < 1.29 is 19.4 Å². The Morgan fingerprint density at radius 3 is 2.73 bits per heavy atom. The number of amides is 2. The Morgan fingerprint density at radius 1 is 1.23 bits per heavy atom. The molecule has 0 saturated heterocycles. The average Bonchev–Trinajstić information content (AvgIpc) is 2.78. The first-order chi connectivity index (χ1) is 12.5. The van der Waals surface area contributed by atoms with Gasteiger partial charge in [0.2, 0.25) is 5.91 Å². The number of fused-ring (bicyclic) bond motifs is 1. The van der Waals surface area contributed by atoms with Crippen LogP contribution in [0.4, 0.5) is 5.69 Å². The molecule has 0 spiro atoms. The van der Waals surface area contributed by atoms with E-state index in [1.165, 1.54) is 7.05 Å². The van der Waals surface area contributed by atoms with Gasteiger partial charge in [-0.05, 0) is 29.8 Å². The van der Waals surface area contributed by atoms with E-state index < -0.39 is 5.91 Å². The average molecular weight is 352 g/mol. The highest BCUT2D eigenvalue weighted by molar-refractivity contribution is 6.10. The van der Waals surface area contributed by atoms with Gasteiger partial charge in [-0.2, -0.15) is 0 Å². The van der Waals surface area contributed by atoms with Crippen molar-refractivity contribution in [1.82, 2.24) is 5.32 Å². The maximum Gasteiger partial charge on any atom is 0.251 e. The summed E-state index contributed by atoms with van der Waals surface area (Å²) in [5.41, 5.74) is 1.98. The van der Waals surface area contributed by atoms with Crippen LogP contribution >= 0.6 is 0 Å². The lowest BCUT2D eigenvalue weighted by Gasteiger charge is -2.23. The minimum absolute atomic E-state index is 0.0677. The van der Waals surface area contributed by atoms with Crippen molar-refractivity contribution in [3.8, 4) is 5.75 Å². The number of benzene rings is 2. The van der Waals surface area contributed by atoms with Crippen molar-refractivity contribution in [3.63, 3.8) is 0 Å². The lowest BCUT2D eigenvalue weighted by atomic mass is 10.1. The summed E-state index contributed by atoms with van der Waals surface area (Å²) in [6, 6.07) is 14.5. The van der Waals surface area contributed by atoms with Crippen LogP contribution in [0.1, 0.15) is 17.5 Å². The Labute approximate surface area is 151 Å². The van der Waals surface area contributed by atoms with Gasteiger partial charge in [0.25, 0.3) is 5.91 Å². The van der Waals surface area contributed by atoms with Crippen molar-refractivity contribution in [2.24, 2.45) is 0 Å². The number of hydrogen-bond donors (Lipinski definition) is 2. The molecule has 0 saturated carbocycles. The number of anilines is 1. The molecule has 1 aliphatic heterocycles. The number of rotatable bonds is 4. The van der Waals surface area contributed by atoms with Crippen molar-refractivity contribution in [3.05, 3.63) is 65.2 Å². The Hall–Kier alpha value is -3.28. The molecule has 1 heterocycles. The molecule has 0 radical (unpaired) electrons. The fourth-order valence-electron chi connectivity index (χ4n) is 3.00. The minimum Gasteiger partial charge on any atom is -0.507 e. The minimum atomic E-state index is -0.464. The molecular weight excluding hydrogens is 332 g/mol. The molecular formula is C20H20N2O4. The number of hydrogen-bond acceptors (Lipinski definition) is 4. The Bertz CT molecular complexity index is 889. The summed E-state index contributed by atoms with van der Waals surface area (Å²) in [6.45, 7) is 0.307. The van der Waals surface area contributed by atoms with E-state index in [-0.39, 0.29) is 23.7 Å². The first kappa shape index (κ1) is 17.5. The molecule has 2 N–H and O–H groups in total. The number of methoxy groups -OCH3 is 1. The summed E-state index contributed by atoms with van der Waals surface area (Å²) in [4.78, 5) is 26.6. The number of aliphatic hydroxyl groups is 1. The number of nitrogens with zero attached hydrogens (tertiary/aromatic N) is 1. The molecule has 0 unspecified atom stereocenters. The maximum atomic E-state index is 12.9. The highest BCUT2D eigenvalue weighted by Crippen LogP contribution is 2.34. The molecule has 0 fully saturated rings. The van der Waals surface area contributed by atoms with Crippen LogP contribution < -0.4 is 15.0 Å². The number of nitrogens with one attached hydrogen (secondary N) is 1. The number of aliphatic hydroxyl groups excluding tert-OH is 1. The van der Waals surface area contributed by atoms with E-state index in [1.807, 2.05) is 24.3 Å². The lowest BCUT2D eigenvalue weighted by Crippen LogP contribution is -2.31. The van der Waals surface area contributed by atoms with Gasteiger partial charge in [0, 0.05) is 12.6 Å². The van der Waals surface area contributed by atoms with Crippen LogP contribution in [0.3, 0.4) is 0 Å². The van der Waals surface area contributed by atoms with Crippen LogP contribution in [-0.4, -0.2) is 31.1 Å². The number of ether oxygens (including phenoxy) is 1. The molecule has 0 atom stereocenters. The van der Waals surface area contributed by atoms with Gasteiger partial charge in [0.05, 0.1) is 31.3 Å². The molecule has 134 valence electrons. The van der Waals surface area contributed by atoms with E-state index in [0.29, 0.717) is 23.5 Å². The quantitative estimate of drug-likeness (QED) is 0.887. The second-order valence-corrected chi connectivity index (χ2v) is 5.93. The standard InChI is InChI=1S/C20H20N2O4/c1-21-20(25)16-11-18(23)22(12-13-6-5-7-14(10-13)26-2)17-9-4-3-8-15(17)19(16)24/h3-10,24H,11-12H2,1-2H3,(H,21,25). The topological polar surface area (TPSA) is 78.9 Å². The van der Waals surface area contributed by atoms with Gasteiger partial charge in [0.1, 0.15) is 11.5 Å². The van der Waals surface area contributed by atoms with Crippen LogP contribution in [-0.2, 0) is 16.1 Å². The molecule has 6 heteroatoms. The molecule has 26 heavy (non-hydrogen) atoms. The normalized spacial score (nSPS) is 13.9. The van der Waals surface area contributed by atoms with Gasteiger partial charge in [-0.3, -0.25) is 9.59 Å². The summed E-state index contributed by atoms with van der Waals surface area (Å²) in [6.07, 6.45) is -0.176. The van der Waals surface area contributed by atoms with Crippen molar-refractivity contribution in [1.29, 1.82) is 0 Å². The summed E-state index contributed by atoms with van der Waals surface area (Å²) in [7, 11) is 3.06. The van der Waals surface area contributed by atoms with E-state index in [2.05, 4.69) is 5.32 Å². The maximum absolute atomic E-state index is 12.9. The van der Waals surface area contributed by atoms with Crippen molar-refractivity contribution >= 4 is 23.3 Å². The van der Waals surface area contributed by atoms with E-state index >= 15 is 0 Å². The monoisotopic (exact) mass is 352 g/mol. The van der Waals surface area contributed by atoms with Gasteiger partial charge >= 0.3 is 0 Å². The van der Waals surface area contributed by atoms with Crippen LogP contribution in [0.15, 0.2) is 54.1 Å². The third kappa shape index (κ3) is 3.26. The lowest BCUT2D eigenvalue weighted by molar-refractivity contribution is -0.121. The van der Waals surface area contributed by atoms with Crippen molar-refractivity contribution in [2.75, 3.05) is 19.1 Å². The van der Waals surface area contributed by atoms with Gasteiger partial charge in [-0.15, -0.1) is 0 Å². The summed E-state index contributed by atoms with van der Waals surface area (Å²) in [5.74, 6) is -0.191. The number of carbonyl (C=O) groups is 2. The Morgan fingerprint density at radius 2 is 2.00 bits per heavy atom. The molecule has 2 aromatic rings. The SMILES string of the molecule is CNC(=O)C1=C(O)c2ccccc2N(Cc2cccc(OC)c2)C(=O)C1. The predicted molar refractivity (Wildman–Crippen MR) is 98.9 cm³/mol. The van der Waals surface area contributed by atoms with Crippen molar-refractivity contribution in [2.45, 2.75) is 13.0 Å². The largest absolute Gasteiger partial charge is 0.507 e. The van der Waals surface area contributed by atoms with Crippen LogP contribution in [0.2, 0.25) is 0 Å². The summed E-state index contributed by atoms with van der Waals surface area (Å²) < 4.78 is 5.24. The highest BCUT2D eigenvalue weighted by Gasteiger charge is 2.30. The van der Waals surface area contributed by atoms with E-state index in [0.717, 1.165) is 5.56 Å². The number of para-hydroxylation sites is 1. The number of likely N-dealkylation sites (N-methyl/N-ethyl adjacent to an activating group) is 1. The fraction of sp³-hybridized carbons (Fsp3) is 0.200. The second kappa shape index (κ2) is 7.31. The number of carbonyl (C=O) groups excluding carboxylic acids is 2. The Balaban J connectivity index is 2.05. The van der Waals surface area contributed by atoms with E-state index in [1.54, 1.807) is 36.3 Å².